The number of hydrogen-bond donors (Lipinski definition) is 0. The van der Waals surface area contributed by atoms with Gasteiger partial charge in [0.05, 0.1) is 24.6 Å². The Hall–Kier alpha value is 0.610. The predicted molar refractivity (Wildman–Crippen MR) is 141 cm³/mol. The molecule has 0 amide bonds. The fraction of sp³-hybridized carbons (Fsp3) is 0.852. The van der Waals surface area contributed by atoms with E-state index in [1.807, 2.05) is 0 Å². The largest absolute Gasteiger partial charge is 1.00 e. The molecule has 0 radical (unpaired) electrons. The van der Waals surface area contributed by atoms with Crippen LogP contribution in [0.2, 0.25) is 0 Å². The molecule has 0 bridgehead atoms. The van der Waals surface area contributed by atoms with Crippen LogP contribution in [0.5, 0.6) is 0 Å². The second kappa shape index (κ2) is 20.2. The monoisotopic (exact) mass is 518 g/mol. The van der Waals surface area contributed by atoms with E-state index in [9.17, 15) is 0 Å². The minimum Gasteiger partial charge on any atom is -1.00 e. The molecule has 0 N–H and O–H groups in total. The SMILES string of the molecule is CCCCCCCCCCc1csc(C[P+](CCCC)(CCCC)CCCC)c1.[Br-]. The molecule has 0 aliphatic rings. The van der Waals surface area contributed by atoms with Crippen LogP contribution in [-0.2, 0) is 12.6 Å². The van der Waals surface area contributed by atoms with Crippen LogP contribution in [-0.4, -0.2) is 18.5 Å². The minimum atomic E-state index is -0.794. The summed E-state index contributed by atoms with van der Waals surface area (Å²) in [5.74, 6) is 0. The summed E-state index contributed by atoms with van der Waals surface area (Å²) in [5.41, 5.74) is 1.63. The zero-order valence-electron chi connectivity index (χ0n) is 20.8. The summed E-state index contributed by atoms with van der Waals surface area (Å²) in [7, 11) is -0.794. The molecule has 0 aliphatic carbocycles. The Kier molecular flexibility index (Phi) is 20.6. The van der Waals surface area contributed by atoms with Crippen LogP contribution >= 0.6 is 18.6 Å². The summed E-state index contributed by atoms with van der Waals surface area (Å²) in [6, 6.07) is 2.60. The molecule has 0 unspecified atom stereocenters. The van der Waals surface area contributed by atoms with Crippen LogP contribution in [0, 0.1) is 0 Å². The third-order valence-electron chi connectivity index (χ3n) is 6.48. The van der Waals surface area contributed by atoms with Crippen molar-refractivity contribution in [3.05, 3.63) is 21.9 Å². The summed E-state index contributed by atoms with van der Waals surface area (Å²) in [4.78, 5) is 1.72. The zero-order valence-corrected chi connectivity index (χ0v) is 24.1. The molecule has 1 rings (SSSR count). The third kappa shape index (κ3) is 13.9. The molecular weight excluding hydrogens is 467 g/mol. The maximum absolute atomic E-state index is 2.60. The lowest BCUT2D eigenvalue weighted by molar-refractivity contribution is -0.00000650. The number of hydrogen-bond acceptors (Lipinski definition) is 1. The highest BCUT2D eigenvalue weighted by molar-refractivity contribution is 7.75. The van der Waals surface area contributed by atoms with Crippen molar-refractivity contribution in [3.8, 4) is 0 Å². The Morgan fingerprint density at radius 2 is 1.10 bits per heavy atom. The summed E-state index contributed by atoms with van der Waals surface area (Å²) in [5, 5.41) is 2.49. The molecule has 0 aromatic carbocycles. The molecule has 3 heteroatoms. The maximum atomic E-state index is 2.60. The molecule has 30 heavy (non-hydrogen) atoms. The quantitative estimate of drug-likeness (QED) is 0.125. The van der Waals surface area contributed by atoms with E-state index in [1.165, 1.54) is 102 Å². The van der Waals surface area contributed by atoms with Crippen LogP contribution in [0.1, 0.15) is 128 Å². The van der Waals surface area contributed by atoms with Gasteiger partial charge in [-0.2, -0.15) is 0 Å². The van der Waals surface area contributed by atoms with Gasteiger partial charge in [-0.05, 0) is 49.1 Å². The fourth-order valence-corrected chi connectivity index (χ4v) is 11.2. The van der Waals surface area contributed by atoms with E-state index in [0.29, 0.717) is 0 Å². The van der Waals surface area contributed by atoms with Crippen molar-refractivity contribution in [2.45, 2.75) is 130 Å². The van der Waals surface area contributed by atoms with Crippen molar-refractivity contribution < 1.29 is 17.0 Å². The van der Waals surface area contributed by atoms with E-state index >= 15 is 0 Å². The van der Waals surface area contributed by atoms with Crippen molar-refractivity contribution in [3.63, 3.8) is 0 Å². The van der Waals surface area contributed by atoms with Crippen molar-refractivity contribution in [2.24, 2.45) is 0 Å². The Bertz CT molecular complexity index is 463. The Balaban J connectivity index is 0.00000841. The molecule has 178 valence electrons. The standard InChI is InChI=1S/C27H52PS.BrH/c1-5-9-13-14-15-16-17-18-19-26-23-27(29-25-26)24-28(20-10-6-2,21-11-7-3)22-12-8-4;/h23,25H,5-22,24H2,1-4H3;1H/q+1;/p-1. The van der Waals surface area contributed by atoms with E-state index in [4.69, 9.17) is 0 Å². The van der Waals surface area contributed by atoms with Gasteiger partial charge in [-0.3, -0.25) is 0 Å². The maximum Gasteiger partial charge on any atom is 0.0935 e. The van der Waals surface area contributed by atoms with Gasteiger partial charge in [0.25, 0.3) is 0 Å². The molecule has 0 aliphatic heterocycles. The highest BCUT2D eigenvalue weighted by Gasteiger charge is 2.36. The van der Waals surface area contributed by atoms with Crippen LogP contribution in [0.15, 0.2) is 11.4 Å². The first-order valence-corrected chi connectivity index (χ1v) is 16.5. The van der Waals surface area contributed by atoms with Crippen LogP contribution in [0.25, 0.3) is 0 Å². The number of halogens is 1. The molecule has 0 atom stereocenters. The Labute approximate surface area is 205 Å². The van der Waals surface area contributed by atoms with Gasteiger partial charge < -0.3 is 17.0 Å². The normalized spacial score (nSPS) is 11.6. The average Bonchev–Trinajstić information content (AvgIpc) is 3.18. The third-order valence-corrected chi connectivity index (χ3v) is 12.5. The van der Waals surface area contributed by atoms with Gasteiger partial charge >= 0.3 is 0 Å². The molecule has 1 aromatic rings. The van der Waals surface area contributed by atoms with Crippen molar-refractivity contribution >= 4 is 18.6 Å². The van der Waals surface area contributed by atoms with Crippen LogP contribution < -0.4 is 17.0 Å². The Morgan fingerprint density at radius 1 is 0.633 bits per heavy atom. The predicted octanol–water partition coefficient (Wildman–Crippen LogP) is 7.35. The molecule has 0 saturated carbocycles. The van der Waals surface area contributed by atoms with E-state index in [-0.39, 0.29) is 17.0 Å². The van der Waals surface area contributed by atoms with Gasteiger partial charge in [0.2, 0.25) is 0 Å². The highest BCUT2D eigenvalue weighted by Crippen LogP contribution is 2.63. The van der Waals surface area contributed by atoms with Crippen LogP contribution in [0.3, 0.4) is 0 Å². The number of unbranched alkanes of at least 4 members (excludes halogenated alkanes) is 10. The summed E-state index contributed by atoms with van der Waals surface area (Å²) in [6.07, 6.45) is 27.3. The first-order valence-electron chi connectivity index (χ1n) is 13.1. The summed E-state index contributed by atoms with van der Waals surface area (Å²) in [6.45, 7) is 9.43. The summed E-state index contributed by atoms with van der Waals surface area (Å²) >= 11 is 2.08. The van der Waals surface area contributed by atoms with Gasteiger partial charge in [-0.1, -0.05) is 91.9 Å². The zero-order chi connectivity index (χ0) is 21.2. The van der Waals surface area contributed by atoms with Gasteiger partial charge in [0, 0.05) is 12.1 Å². The van der Waals surface area contributed by atoms with Gasteiger partial charge in [-0.15, -0.1) is 11.3 Å². The van der Waals surface area contributed by atoms with Gasteiger partial charge in [0.1, 0.15) is 0 Å². The number of thiophene rings is 1. The van der Waals surface area contributed by atoms with E-state index < -0.39 is 7.26 Å². The summed E-state index contributed by atoms with van der Waals surface area (Å²) < 4.78 is 0. The lowest BCUT2D eigenvalue weighted by Gasteiger charge is -2.27. The van der Waals surface area contributed by atoms with E-state index in [2.05, 4.69) is 50.5 Å². The average molecular weight is 520 g/mol. The fourth-order valence-electron chi connectivity index (χ4n) is 4.49. The van der Waals surface area contributed by atoms with Crippen molar-refractivity contribution in [1.29, 1.82) is 0 Å². The van der Waals surface area contributed by atoms with Gasteiger partial charge in [-0.25, -0.2) is 0 Å². The minimum absolute atomic E-state index is 0. The molecule has 0 saturated heterocycles. The molecule has 0 fully saturated rings. The Morgan fingerprint density at radius 3 is 1.60 bits per heavy atom. The van der Waals surface area contributed by atoms with E-state index in [0.717, 1.165) is 0 Å². The highest BCUT2D eigenvalue weighted by atomic mass is 79.9. The number of rotatable bonds is 20. The smallest absolute Gasteiger partial charge is 0.0935 e. The molecule has 0 spiro atoms. The number of aryl methyl sites for hydroxylation is 1. The first kappa shape index (κ1) is 30.6. The second-order valence-corrected chi connectivity index (χ2v) is 14.7. The lowest BCUT2D eigenvalue weighted by Crippen LogP contribution is -3.00. The second-order valence-electron chi connectivity index (χ2n) is 9.38. The molecular formula is C27H52BrPS. The molecule has 1 aromatic heterocycles. The topological polar surface area (TPSA) is 0 Å². The van der Waals surface area contributed by atoms with Gasteiger partial charge in [0.15, 0.2) is 0 Å². The first-order chi connectivity index (χ1) is 14.2. The van der Waals surface area contributed by atoms with Crippen molar-refractivity contribution in [2.75, 3.05) is 18.5 Å². The van der Waals surface area contributed by atoms with Crippen LogP contribution in [0.4, 0.5) is 0 Å². The molecule has 1 heterocycles. The lowest BCUT2D eigenvalue weighted by atomic mass is 10.1. The molecule has 0 nitrogen and oxygen atoms in total. The van der Waals surface area contributed by atoms with Crippen molar-refractivity contribution in [1.82, 2.24) is 0 Å². The van der Waals surface area contributed by atoms with E-state index in [1.54, 1.807) is 28.9 Å².